The summed E-state index contributed by atoms with van der Waals surface area (Å²) in [6.07, 6.45) is -3.27. The van der Waals surface area contributed by atoms with E-state index >= 15 is 0 Å². The second-order valence-electron chi connectivity index (χ2n) is 3.31. The highest BCUT2D eigenvalue weighted by Gasteiger charge is 2.28. The van der Waals surface area contributed by atoms with Gasteiger partial charge in [0.05, 0.1) is 17.8 Å². The second kappa shape index (κ2) is 5.55. The van der Waals surface area contributed by atoms with Gasteiger partial charge < -0.3 is 20.7 Å². The van der Waals surface area contributed by atoms with Crippen LogP contribution in [0.4, 0.5) is 5.69 Å². The summed E-state index contributed by atoms with van der Waals surface area (Å²) in [5, 5.41) is 19.5. The van der Waals surface area contributed by atoms with Gasteiger partial charge in [-0.15, -0.1) is 0 Å². The van der Waals surface area contributed by atoms with Crippen molar-refractivity contribution >= 4 is 34.9 Å². The number of carbonyl (C=O) groups excluding carboxylic acids is 1. The maximum absolute atomic E-state index is 11.1. The average molecular weight is 280 g/mol. The smallest absolute Gasteiger partial charge is 0.337 e. The Kier molecular flexibility index (Phi) is 4.59. The van der Waals surface area contributed by atoms with Crippen LogP contribution in [-0.4, -0.2) is 29.4 Å². The zero-order valence-electron chi connectivity index (χ0n) is 8.85. The van der Waals surface area contributed by atoms with Crippen molar-refractivity contribution in [2.24, 2.45) is 0 Å². The second-order valence-corrected chi connectivity index (χ2v) is 4.12. The lowest BCUT2D eigenvalue weighted by Crippen LogP contribution is -2.29. The first-order valence-corrected chi connectivity index (χ1v) is 5.32. The Morgan fingerprint density at radius 1 is 1.35 bits per heavy atom. The van der Waals surface area contributed by atoms with Crippen LogP contribution < -0.4 is 5.73 Å². The largest absolute Gasteiger partial charge is 0.467 e. The van der Waals surface area contributed by atoms with Crippen LogP contribution in [0.3, 0.4) is 0 Å². The molecule has 0 aromatic heterocycles. The minimum Gasteiger partial charge on any atom is -0.467 e. The molecule has 0 saturated heterocycles. The van der Waals surface area contributed by atoms with Crippen LogP contribution in [0.5, 0.6) is 0 Å². The fourth-order valence-corrected chi connectivity index (χ4v) is 1.68. The van der Waals surface area contributed by atoms with Crippen molar-refractivity contribution in [1.82, 2.24) is 0 Å². The van der Waals surface area contributed by atoms with E-state index in [0.29, 0.717) is 0 Å². The molecule has 0 amide bonds. The number of rotatable bonds is 3. The number of ether oxygens (including phenoxy) is 1. The summed E-state index contributed by atoms with van der Waals surface area (Å²) >= 11 is 11.6. The molecule has 0 spiro atoms. The van der Waals surface area contributed by atoms with Gasteiger partial charge in [-0.05, 0) is 12.1 Å². The third-order valence-corrected chi connectivity index (χ3v) is 2.83. The van der Waals surface area contributed by atoms with Crippen LogP contribution in [0.25, 0.3) is 0 Å². The average Bonchev–Trinajstić information content (AvgIpc) is 2.31. The highest BCUT2D eigenvalue weighted by molar-refractivity contribution is 6.35. The third-order valence-electron chi connectivity index (χ3n) is 2.18. The Bertz CT molecular complexity index is 439. The molecular formula is C10H11Cl2NO4. The van der Waals surface area contributed by atoms with Crippen molar-refractivity contribution in [1.29, 1.82) is 0 Å². The van der Waals surface area contributed by atoms with Gasteiger partial charge in [0.1, 0.15) is 6.10 Å². The standard InChI is InChI=1S/C10H11Cl2NO4/c1-17-10(16)9(15)8(14)4-2-6(12)7(13)3-5(4)11/h2-3,8-9,14-15H,13H2,1H3. The van der Waals surface area contributed by atoms with Gasteiger partial charge >= 0.3 is 5.97 Å². The Labute approximate surface area is 108 Å². The first-order chi connectivity index (χ1) is 7.88. The fourth-order valence-electron chi connectivity index (χ4n) is 1.22. The quantitative estimate of drug-likeness (QED) is 0.570. The number of aliphatic hydroxyl groups is 2. The SMILES string of the molecule is COC(=O)C(O)C(O)c1cc(Cl)c(N)cc1Cl. The van der Waals surface area contributed by atoms with Gasteiger partial charge in [0, 0.05) is 10.6 Å². The molecule has 2 unspecified atom stereocenters. The summed E-state index contributed by atoms with van der Waals surface area (Å²) in [6.45, 7) is 0. The highest BCUT2D eigenvalue weighted by atomic mass is 35.5. The van der Waals surface area contributed by atoms with Crippen molar-refractivity contribution < 1.29 is 19.7 Å². The number of hydrogen-bond donors (Lipinski definition) is 3. The maximum atomic E-state index is 11.1. The highest BCUT2D eigenvalue weighted by Crippen LogP contribution is 2.32. The van der Waals surface area contributed by atoms with Crippen LogP contribution >= 0.6 is 23.2 Å². The van der Waals surface area contributed by atoms with Gasteiger partial charge in [-0.3, -0.25) is 0 Å². The van der Waals surface area contributed by atoms with Crippen molar-refractivity contribution in [3.8, 4) is 0 Å². The van der Waals surface area contributed by atoms with Crippen LogP contribution in [0.2, 0.25) is 10.0 Å². The maximum Gasteiger partial charge on any atom is 0.337 e. The summed E-state index contributed by atoms with van der Waals surface area (Å²) in [5.74, 6) is -0.971. The van der Waals surface area contributed by atoms with Gasteiger partial charge in [0.15, 0.2) is 6.10 Å². The monoisotopic (exact) mass is 279 g/mol. The summed E-state index contributed by atoms with van der Waals surface area (Å²) < 4.78 is 4.30. The van der Waals surface area contributed by atoms with Crippen molar-refractivity contribution in [2.75, 3.05) is 12.8 Å². The number of benzene rings is 1. The zero-order valence-corrected chi connectivity index (χ0v) is 10.4. The molecule has 0 aliphatic carbocycles. The van der Waals surface area contributed by atoms with E-state index in [1.54, 1.807) is 0 Å². The van der Waals surface area contributed by atoms with Crippen molar-refractivity contribution in [3.63, 3.8) is 0 Å². The first kappa shape index (κ1) is 14.1. The molecule has 0 bridgehead atoms. The van der Waals surface area contributed by atoms with Gasteiger partial charge in [-0.25, -0.2) is 4.79 Å². The van der Waals surface area contributed by atoms with Gasteiger partial charge in [-0.1, -0.05) is 23.2 Å². The number of esters is 1. The number of hydrogen-bond acceptors (Lipinski definition) is 5. The van der Waals surface area contributed by atoms with E-state index in [2.05, 4.69) is 4.74 Å². The summed E-state index contributed by atoms with van der Waals surface area (Å²) in [7, 11) is 1.09. The number of nitrogens with two attached hydrogens (primary N) is 1. The van der Waals surface area contributed by atoms with Crippen LogP contribution in [0.15, 0.2) is 12.1 Å². The molecule has 0 fully saturated rings. The van der Waals surface area contributed by atoms with E-state index < -0.39 is 18.2 Å². The van der Waals surface area contributed by atoms with E-state index in [1.807, 2.05) is 0 Å². The normalized spacial score (nSPS) is 14.2. The Morgan fingerprint density at radius 2 is 1.94 bits per heavy atom. The number of aliphatic hydroxyl groups excluding tert-OH is 2. The lowest BCUT2D eigenvalue weighted by Gasteiger charge is -2.17. The molecule has 1 rings (SSSR count). The number of methoxy groups -OCH3 is 1. The Hall–Kier alpha value is -1.01. The molecule has 4 N–H and O–H groups in total. The van der Waals surface area contributed by atoms with Crippen LogP contribution in [0.1, 0.15) is 11.7 Å². The molecule has 0 saturated carbocycles. The number of carbonyl (C=O) groups is 1. The molecule has 2 atom stereocenters. The zero-order chi connectivity index (χ0) is 13.2. The number of anilines is 1. The van der Waals surface area contributed by atoms with E-state index in [-0.39, 0.29) is 21.3 Å². The molecule has 5 nitrogen and oxygen atoms in total. The third kappa shape index (κ3) is 3.01. The minimum atomic E-state index is -1.74. The van der Waals surface area contributed by atoms with E-state index in [1.165, 1.54) is 12.1 Å². The Balaban J connectivity index is 3.08. The van der Waals surface area contributed by atoms with E-state index in [0.717, 1.165) is 7.11 Å². The fraction of sp³-hybridized carbons (Fsp3) is 0.300. The van der Waals surface area contributed by atoms with E-state index in [4.69, 9.17) is 28.9 Å². The van der Waals surface area contributed by atoms with E-state index in [9.17, 15) is 15.0 Å². The van der Waals surface area contributed by atoms with Crippen LogP contribution in [-0.2, 0) is 9.53 Å². The topological polar surface area (TPSA) is 92.8 Å². The molecule has 7 heteroatoms. The number of halogens is 2. The minimum absolute atomic E-state index is 0.0994. The molecule has 0 radical (unpaired) electrons. The molecule has 0 aliphatic heterocycles. The summed E-state index contributed by atoms with van der Waals surface area (Å²) in [4.78, 5) is 11.1. The molecule has 17 heavy (non-hydrogen) atoms. The summed E-state index contributed by atoms with van der Waals surface area (Å²) in [6, 6.07) is 2.61. The molecule has 1 aromatic carbocycles. The Morgan fingerprint density at radius 3 is 2.47 bits per heavy atom. The number of nitrogen functional groups attached to an aromatic ring is 1. The predicted octanol–water partition coefficient (Wildman–Crippen LogP) is 1.14. The lowest BCUT2D eigenvalue weighted by molar-refractivity contribution is -0.156. The lowest BCUT2D eigenvalue weighted by atomic mass is 10.0. The van der Waals surface area contributed by atoms with Crippen molar-refractivity contribution in [2.45, 2.75) is 12.2 Å². The molecular weight excluding hydrogens is 269 g/mol. The van der Waals surface area contributed by atoms with Crippen molar-refractivity contribution in [3.05, 3.63) is 27.7 Å². The molecule has 0 aliphatic rings. The van der Waals surface area contributed by atoms with Gasteiger partial charge in [-0.2, -0.15) is 0 Å². The van der Waals surface area contributed by atoms with Gasteiger partial charge in [0.25, 0.3) is 0 Å². The summed E-state index contributed by atoms with van der Waals surface area (Å²) in [5.41, 5.74) is 5.84. The molecule has 0 heterocycles. The predicted molar refractivity (Wildman–Crippen MR) is 63.9 cm³/mol. The first-order valence-electron chi connectivity index (χ1n) is 4.56. The van der Waals surface area contributed by atoms with Gasteiger partial charge in [0.2, 0.25) is 0 Å². The van der Waals surface area contributed by atoms with Crippen LogP contribution in [0, 0.1) is 0 Å². The molecule has 94 valence electrons. The molecule has 1 aromatic rings.